The van der Waals surface area contributed by atoms with Crippen LogP contribution in [0.4, 0.5) is 0 Å². The highest BCUT2D eigenvalue weighted by molar-refractivity contribution is 5.94. The average Bonchev–Trinajstić information content (AvgIpc) is 2.52. The molecule has 2 aromatic rings. The van der Waals surface area contributed by atoms with Gasteiger partial charge in [0.15, 0.2) is 5.69 Å². The lowest BCUT2D eigenvalue weighted by Gasteiger charge is -2.07. The summed E-state index contributed by atoms with van der Waals surface area (Å²) in [7, 11) is 0. The van der Waals surface area contributed by atoms with E-state index in [1.165, 1.54) is 12.3 Å². The first kappa shape index (κ1) is 14.9. The number of hydrogen-bond acceptors (Lipinski definition) is 5. The van der Waals surface area contributed by atoms with Gasteiger partial charge in [0.2, 0.25) is 0 Å². The third kappa shape index (κ3) is 4.85. The second-order valence-corrected chi connectivity index (χ2v) is 4.52. The molecule has 1 amide bonds. The number of carbonyl (C=O) groups is 1. The van der Waals surface area contributed by atoms with Gasteiger partial charge in [0, 0.05) is 31.7 Å². The molecule has 6 heteroatoms. The Morgan fingerprint density at radius 3 is 2.81 bits per heavy atom. The third-order valence-corrected chi connectivity index (χ3v) is 2.87. The summed E-state index contributed by atoms with van der Waals surface area (Å²) in [5, 5.41) is 15.5. The zero-order valence-corrected chi connectivity index (χ0v) is 11.6. The second kappa shape index (κ2) is 7.96. The Bertz CT molecular complexity index is 575. The standard InChI is InChI=1S/C15H18N4O2/c20-13-5-2-8-18-14(13)15(21)19-9-3-7-17-11-12-4-1-6-16-10-12/h1-2,4-6,8,10,17,20H,3,7,9,11H2,(H,19,21). The predicted molar refractivity (Wildman–Crippen MR) is 78.8 cm³/mol. The summed E-state index contributed by atoms with van der Waals surface area (Å²) < 4.78 is 0. The smallest absolute Gasteiger partial charge is 0.273 e. The number of aromatic hydroxyl groups is 1. The van der Waals surface area contributed by atoms with Crippen molar-refractivity contribution in [3.63, 3.8) is 0 Å². The Kier molecular flexibility index (Phi) is 5.66. The first-order valence-electron chi connectivity index (χ1n) is 6.79. The summed E-state index contributed by atoms with van der Waals surface area (Å²) in [5.41, 5.74) is 1.18. The van der Waals surface area contributed by atoms with Crippen molar-refractivity contribution in [2.75, 3.05) is 13.1 Å². The molecule has 2 heterocycles. The van der Waals surface area contributed by atoms with Crippen LogP contribution in [0.5, 0.6) is 5.75 Å². The lowest BCUT2D eigenvalue weighted by atomic mass is 10.3. The minimum absolute atomic E-state index is 0.0563. The van der Waals surface area contributed by atoms with Crippen molar-refractivity contribution in [1.82, 2.24) is 20.6 Å². The van der Waals surface area contributed by atoms with Crippen LogP contribution in [-0.2, 0) is 6.54 Å². The molecule has 0 bridgehead atoms. The maximum absolute atomic E-state index is 11.8. The monoisotopic (exact) mass is 286 g/mol. The molecule has 0 aromatic carbocycles. The van der Waals surface area contributed by atoms with Crippen LogP contribution in [0.15, 0.2) is 42.9 Å². The van der Waals surface area contributed by atoms with Crippen LogP contribution in [0.1, 0.15) is 22.5 Å². The van der Waals surface area contributed by atoms with Crippen molar-refractivity contribution in [2.24, 2.45) is 0 Å². The third-order valence-electron chi connectivity index (χ3n) is 2.87. The number of nitrogens with zero attached hydrogens (tertiary/aromatic N) is 2. The Labute approximate surface area is 123 Å². The number of aromatic nitrogens is 2. The van der Waals surface area contributed by atoms with E-state index in [0.29, 0.717) is 6.54 Å². The van der Waals surface area contributed by atoms with E-state index in [2.05, 4.69) is 20.6 Å². The Morgan fingerprint density at radius 1 is 1.19 bits per heavy atom. The van der Waals surface area contributed by atoms with Crippen LogP contribution in [0.2, 0.25) is 0 Å². The van der Waals surface area contributed by atoms with Crippen molar-refractivity contribution >= 4 is 5.91 Å². The number of carbonyl (C=O) groups excluding carboxylic acids is 1. The van der Waals surface area contributed by atoms with E-state index in [9.17, 15) is 9.90 Å². The van der Waals surface area contributed by atoms with Gasteiger partial charge in [-0.1, -0.05) is 6.07 Å². The van der Waals surface area contributed by atoms with Crippen LogP contribution in [-0.4, -0.2) is 34.1 Å². The number of hydrogen-bond donors (Lipinski definition) is 3. The highest BCUT2D eigenvalue weighted by Crippen LogP contribution is 2.11. The largest absolute Gasteiger partial charge is 0.505 e. The molecular formula is C15H18N4O2. The fourth-order valence-electron chi connectivity index (χ4n) is 1.81. The summed E-state index contributed by atoms with van der Waals surface area (Å²) >= 11 is 0. The summed E-state index contributed by atoms with van der Waals surface area (Å²) in [5.74, 6) is -0.468. The number of nitrogens with one attached hydrogen (secondary N) is 2. The summed E-state index contributed by atoms with van der Waals surface area (Å²) in [4.78, 5) is 19.6. The van der Waals surface area contributed by atoms with Gasteiger partial charge >= 0.3 is 0 Å². The highest BCUT2D eigenvalue weighted by atomic mass is 16.3. The molecule has 0 fully saturated rings. The molecule has 0 spiro atoms. The molecule has 0 saturated heterocycles. The summed E-state index contributed by atoms with van der Waals surface area (Å²) in [6, 6.07) is 6.92. The topological polar surface area (TPSA) is 87.1 Å². The molecule has 0 saturated carbocycles. The quantitative estimate of drug-likeness (QED) is 0.663. The minimum atomic E-state index is -0.361. The van der Waals surface area contributed by atoms with Crippen LogP contribution in [0.25, 0.3) is 0 Å². The average molecular weight is 286 g/mol. The second-order valence-electron chi connectivity index (χ2n) is 4.52. The van der Waals surface area contributed by atoms with Gasteiger partial charge in [0.25, 0.3) is 5.91 Å². The molecule has 6 nitrogen and oxygen atoms in total. The molecule has 2 aromatic heterocycles. The van der Waals surface area contributed by atoms with Gasteiger partial charge in [-0.15, -0.1) is 0 Å². The molecule has 3 N–H and O–H groups in total. The summed E-state index contributed by atoms with van der Waals surface area (Å²) in [6.45, 7) is 2.06. The van der Waals surface area contributed by atoms with Gasteiger partial charge in [-0.2, -0.15) is 0 Å². The van der Waals surface area contributed by atoms with Gasteiger partial charge < -0.3 is 15.7 Å². The lowest BCUT2D eigenvalue weighted by Crippen LogP contribution is -2.28. The Hall–Kier alpha value is -2.47. The number of amides is 1. The van der Waals surface area contributed by atoms with Gasteiger partial charge in [-0.3, -0.25) is 9.78 Å². The zero-order valence-electron chi connectivity index (χ0n) is 11.6. The molecule has 2 rings (SSSR count). The van der Waals surface area contributed by atoms with E-state index in [1.54, 1.807) is 12.3 Å². The van der Waals surface area contributed by atoms with E-state index in [4.69, 9.17) is 0 Å². The fourth-order valence-corrected chi connectivity index (χ4v) is 1.81. The first-order chi connectivity index (χ1) is 10.3. The van der Waals surface area contributed by atoms with Crippen molar-refractivity contribution in [3.8, 4) is 5.75 Å². The molecule has 0 aliphatic rings. The number of pyridine rings is 2. The van der Waals surface area contributed by atoms with Crippen molar-refractivity contribution in [3.05, 3.63) is 54.1 Å². The maximum atomic E-state index is 11.8. The number of rotatable bonds is 7. The van der Waals surface area contributed by atoms with Crippen LogP contribution < -0.4 is 10.6 Å². The van der Waals surface area contributed by atoms with E-state index < -0.39 is 0 Å². The van der Waals surface area contributed by atoms with Crippen molar-refractivity contribution < 1.29 is 9.90 Å². The van der Waals surface area contributed by atoms with Gasteiger partial charge in [-0.05, 0) is 36.7 Å². The molecule has 0 aliphatic heterocycles. The molecule has 0 unspecified atom stereocenters. The molecule has 0 aliphatic carbocycles. The Balaban J connectivity index is 1.62. The van der Waals surface area contributed by atoms with Crippen molar-refractivity contribution in [2.45, 2.75) is 13.0 Å². The minimum Gasteiger partial charge on any atom is -0.505 e. The predicted octanol–water partition coefficient (Wildman–Crippen LogP) is 1.09. The van der Waals surface area contributed by atoms with Crippen LogP contribution in [0, 0.1) is 0 Å². The van der Waals surface area contributed by atoms with E-state index in [-0.39, 0.29) is 17.4 Å². The van der Waals surface area contributed by atoms with E-state index >= 15 is 0 Å². The fraction of sp³-hybridized carbons (Fsp3) is 0.267. The molecule has 110 valence electrons. The molecular weight excluding hydrogens is 268 g/mol. The van der Waals surface area contributed by atoms with Crippen LogP contribution >= 0.6 is 0 Å². The first-order valence-corrected chi connectivity index (χ1v) is 6.79. The van der Waals surface area contributed by atoms with E-state index in [1.807, 2.05) is 18.3 Å². The lowest BCUT2D eigenvalue weighted by molar-refractivity contribution is 0.0945. The summed E-state index contributed by atoms with van der Waals surface area (Å²) in [6.07, 6.45) is 5.83. The van der Waals surface area contributed by atoms with E-state index in [0.717, 1.165) is 25.1 Å². The van der Waals surface area contributed by atoms with Crippen molar-refractivity contribution in [1.29, 1.82) is 0 Å². The van der Waals surface area contributed by atoms with Gasteiger partial charge in [-0.25, -0.2) is 4.98 Å². The van der Waals surface area contributed by atoms with Crippen LogP contribution in [0.3, 0.4) is 0 Å². The Morgan fingerprint density at radius 2 is 2.05 bits per heavy atom. The maximum Gasteiger partial charge on any atom is 0.273 e. The molecule has 0 radical (unpaired) electrons. The normalized spacial score (nSPS) is 10.3. The SMILES string of the molecule is O=C(NCCCNCc1cccnc1)c1ncccc1O. The highest BCUT2D eigenvalue weighted by Gasteiger charge is 2.10. The zero-order chi connectivity index (χ0) is 14.9. The van der Waals surface area contributed by atoms with Gasteiger partial charge in [0.1, 0.15) is 5.75 Å². The van der Waals surface area contributed by atoms with Gasteiger partial charge in [0.05, 0.1) is 0 Å². The molecule has 0 atom stereocenters. The molecule has 21 heavy (non-hydrogen) atoms.